The van der Waals surface area contributed by atoms with Gasteiger partial charge in [0.15, 0.2) is 0 Å². The Morgan fingerprint density at radius 2 is 1.27 bits per heavy atom. The van der Waals surface area contributed by atoms with E-state index in [1.165, 1.54) is 21.9 Å². The van der Waals surface area contributed by atoms with Crippen LogP contribution in [0.5, 0.6) is 0 Å². The lowest BCUT2D eigenvalue weighted by Crippen LogP contribution is -2.32. The van der Waals surface area contributed by atoms with E-state index in [2.05, 4.69) is 75.1 Å². The molecule has 1 N–H and O–H groups in total. The van der Waals surface area contributed by atoms with E-state index in [9.17, 15) is 5.11 Å². The number of rotatable bonds is 11. The molecular formula is C33H42O3Si. The van der Waals surface area contributed by atoms with E-state index in [1.807, 2.05) is 42.5 Å². The van der Waals surface area contributed by atoms with Crippen LogP contribution in [0.25, 0.3) is 0 Å². The van der Waals surface area contributed by atoms with E-state index >= 15 is 0 Å². The molecule has 37 heavy (non-hydrogen) atoms. The summed E-state index contributed by atoms with van der Waals surface area (Å²) in [6.07, 6.45) is 1.35. The van der Waals surface area contributed by atoms with E-state index in [1.54, 1.807) is 0 Å². The van der Waals surface area contributed by atoms with Crippen molar-refractivity contribution >= 4 is 8.07 Å². The highest BCUT2D eigenvalue weighted by Crippen LogP contribution is 2.50. The van der Waals surface area contributed by atoms with Crippen molar-refractivity contribution in [1.82, 2.24) is 0 Å². The summed E-state index contributed by atoms with van der Waals surface area (Å²) in [5, 5.41) is 12.9. The zero-order chi connectivity index (χ0) is 26.3. The number of hydrogen-bond donors (Lipinski definition) is 1. The van der Waals surface area contributed by atoms with Gasteiger partial charge < -0.3 is 14.6 Å². The number of benzene rings is 3. The van der Waals surface area contributed by atoms with Crippen LogP contribution in [-0.4, -0.2) is 26.4 Å². The highest BCUT2D eigenvalue weighted by atomic mass is 28.3. The molecule has 196 valence electrons. The van der Waals surface area contributed by atoms with Gasteiger partial charge in [-0.1, -0.05) is 123 Å². The number of hydrogen-bond acceptors (Lipinski definition) is 3. The fraction of sp³-hybridized carbons (Fsp3) is 0.394. The van der Waals surface area contributed by atoms with E-state index < -0.39 is 14.2 Å². The van der Waals surface area contributed by atoms with Crippen molar-refractivity contribution in [1.29, 1.82) is 0 Å². The zero-order valence-corrected chi connectivity index (χ0v) is 23.8. The maximum absolute atomic E-state index is 11.6. The van der Waals surface area contributed by atoms with Gasteiger partial charge >= 0.3 is 0 Å². The minimum Gasteiger partial charge on any atom is -0.384 e. The fourth-order valence-electron chi connectivity index (χ4n) is 5.83. The highest BCUT2D eigenvalue weighted by molar-refractivity contribution is 6.83. The number of aliphatic hydroxyl groups excluding tert-OH is 1. The molecule has 0 heterocycles. The van der Waals surface area contributed by atoms with E-state index in [0.29, 0.717) is 32.3 Å². The molecular weight excluding hydrogens is 472 g/mol. The SMILES string of the molecule is CC1CC(COCc2ccccc2)(COCc2ccccc2)C/C1=C(/C(O)c1ccccc1)[Si](C)(C)C. The molecule has 4 heteroatoms. The third-order valence-corrected chi connectivity index (χ3v) is 9.69. The van der Waals surface area contributed by atoms with Crippen LogP contribution in [0.4, 0.5) is 0 Å². The second kappa shape index (κ2) is 12.4. The van der Waals surface area contributed by atoms with Crippen LogP contribution >= 0.6 is 0 Å². The summed E-state index contributed by atoms with van der Waals surface area (Å²) in [5.74, 6) is 0.376. The highest BCUT2D eigenvalue weighted by Gasteiger charge is 2.44. The normalized spacial score (nSPS) is 19.5. The zero-order valence-electron chi connectivity index (χ0n) is 22.8. The maximum Gasteiger partial charge on any atom is 0.0968 e. The van der Waals surface area contributed by atoms with Crippen LogP contribution in [0.1, 0.15) is 42.6 Å². The standard InChI is InChI=1S/C33H42O3Si/c1-26-20-33(24-35-22-27-14-8-5-9-15-27,25-36-23-28-16-10-6-11-17-28)21-30(26)32(37(2,3)4)31(34)29-18-12-7-13-19-29/h5-19,26,31,34H,20-25H2,1-4H3/b32-30+. The van der Waals surface area contributed by atoms with Gasteiger partial charge in [-0.3, -0.25) is 0 Å². The van der Waals surface area contributed by atoms with Gasteiger partial charge in [0.1, 0.15) is 0 Å². The lowest BCUT2D eigenvalue weighted by atomic mass is 9.87. The summed E-state index contributed by atoms with van der Waals surface area (Å²) in [7, 11) is -1.82. The second-order valence-electron chi connectivity index (χ2n) is 11.7. The van der Waals surface area contributed by atoms with Gasteiger partial charge in [0.25, 0.3) is 0 Å². The predicted molar refractivity (Wildman–Crippen MR) is 155 cm³/mol. The molecule has 1 aliphatic rings. The smallest absolute Gasteiger partial charge is 0.0968 e. The number of aliphatic hydroxyl groups is 1. The molecule has 3 nitrogen and oxygen atoms in total. The largest absolute Gasteiger partial charge is 0.384 e. The molecule has 0 aliphatic heterocycles. The van der Waals surface area contributed by atoms with Gasteiger partial charge in [0.2, 0.25) is 0 Å². The first-order valence-corrected chi connectivity index (χ1v) is 17.0. The predicted octanol–water partition coefficient (Wildman–Crippen LogP) is 7.74. The molecule has 0 amide bonds. The molecule has 0 radical (unpaired) electrons. The molecule has 1 saturated carbocycles. The van der Waals surface area contributed by atoms with Crippen LogP contribution in [-0.2, 0) is 22.7 Å². The van der Waals surface area contributed by atoms with Crippen molar-refractivity contribution in [3.63, 3.8) is 0 Å². The van der Waals surface area contributed by atoms with Crippen LogP contribution < -0.4 is 0 Å². The third kappa shape index (κ3) is 7.29. The minimum absolute atomic E-state index is 0.111. The summed E-state index contributed by atoms with van der Waals surface area (Å²) in [5.41, 5.74) is 4.67. The lowest BCUT2D eigenvalue weighted by molar-refractivity contribution is -0.0304. The van der Waals surface area contributed by atoms with Crippen molar-refractivity contribution in [2.24, 2.45) is 11.3 Å². The van der Waals surface area contributed by atoms with Crippen LogP contribution in [0.15, 0.2) is 102 Å². The lowest BCUT2D eigenvalue weighted by Gasteiger charge is -2.31. The van der Waals surface area contributed by atoms with Crippen LogP contribution in [0.3, 0.4) is 0 Å². The number of ether oxygens (including phenoxy) is 2. The van der Waals surface area contributed by atoms with Gasteiger partial charge in [0, 0.05) is 5.41 Å². The Labute approximate surface area is 224 Å². The van der Waals surface area contributed by atoms with E-state index in [0.717, 1.165) is 18.4 Å². The van der Waals surface area contributed by atoms with Gasteiger partial charge in [-0.15, -0.1) is 0 Å². The molecule has 2 atom stereocenters. The molecule has 0 bridgehead atoms. The summed E-state index contributed by atoms with van der Waals surface area (Å²) < 4.78 is 12.7. The number of allylic oxidation sites excluding steroid dienone is 1. The summed E-state index contributed by atoms with van der Waals surface area (Å²) in [4.78, 5) is 0. The van der Waals surface area contributed by atoms with Crippen molar-refractivity contribution < 1.29 is 14.6 Å². The first kappa shape index (κ1) is 27.5. The summed E-state index contributed by atoms with van der Waals surface area (Å²) in [6.45, 7) is 11.9. The fourth-order valence-corrected chi connectivity index (χ4v) is 8.12. The molecule has 1 fully saturated rings. The molecule has 3 aromatic rings. The van der Waals surface area contributed by atoms with Crippen molar-refractivity contribution in [2.75, 3.05) is 13.2 Å². The van der Waals surface area contributed by atoms with Gasteiger partial charge in [0.05, 0.1) is 40.6 Å². The van der Waals surface area contributed by atoms with Gasteiger partial charge in [-0.05, 0) is 40.6 Å². The van der Waals surface area contributed by atoms with Gasteiger partial charge in [-0.25, -0.2) is 0 Å². The summed E-state index contributed by atoms with van der Waals surface area (Å²) >= 11 is 0. The molecule has 2 unspecified atom stereocenters. The Bertz CT molecular complexity index is 1090. The van der Waals surface area contributed by atoms with E-state index in [-0.39, 0.29) is 5.41 Å². The van der Waals surface area contributed by atoms with Gasteiger partial charge in [-0.2, -0.15) is 0 Å². The Hall–Kier alpha value is -2.50. The molecule has 3 aromatic carbocycles. The first-order valence-electron chi connectivity index (χ1n) is 13.5. The molecule has 0 saturated heterocycles. The Morgan fingerprint density at radius 3 is 1.73 bits per heavy atom. The maximum atomic E-state index is 11.6. The molecule has 4 rings (SSSR count). The Morgan fingerprint density at radius 1 is 0.811 bits per heavy atom. The van der Waals surface area contributed by atoms with Crippen molar-refractivity contribution in [3.05, 3.63) is 118 Å². The van der Waals surface area contributed by atoms with Crippen LogP contribution in [0, 0.1) is 11.3 Å². The van der Waals surface area contributed by atoms with E-state index in [4.69, 9.17) is 9.47 Å². The average molecular weight is 515 g/mol. The Balaban J connectivity index is 1.59. The van der Waals surface area contributed by atoms with Crippen molar-refractivity contribution in [3.8, 4) is 0 Å². The molecule has 0 spiro atoms. The third-order valence-electron chi connectivity index (χ3n) is 7.48. The van der Waals surface area contributed by atoms with Crippen molar-refractivity contribution in [2.45, 2.75) is 58.7 Å². The quantitative estimate of drug-likeness (QED) is 0.266. The second-order valence-corrected chi connectivity index (χ2v) is 16.8. The molecule has 0 aromatic heterocycles. The monoisotopic (exact) mass is 514 g/mol. The van der Waals surface area contributed by atoms with Crippen LogP contribution in [0.2, 0.25) is 19.6 Å². The molecule has 1 aliphatic carbocycles. The first-order chi connectivity index (χ1) is 17.8. The topological polar surface area (TPSA) is 38.7 Å². The summed E-state index contributed by atoms with van der Waals surface area (Å²) in [6, 6.07) is 30.9. The average Bonchev–Trinajstić information content (AvgIpc) is 3.20. The minimum atomic E-state index is -1.82. The Kier molecular flexibility index (Phi) is 9.20.